The zero-order chi connectivity index (χ0) is 13.1. The predicted molar refractivity (Wildman–Crippen MR) is 83.2 cm³/mol. The maximum atomic E-state index is 12.2. The Balaban J connectivity index is 1.96. The number of hydrogen-bond donors (Lipinski definition) is 1. The summed E-state index contributed by atoms with van der Waals surface area (Å²) in [6.45, 7) is 2.30. The smallest absolute Gasteiger partial charge is 0.253 e. The van der Waals surface area contributed by atoms with Gasteiger partial charge in [-0.2, -0.15) is 0 Å². The lowest BCUT2D eigenvalue weighted by Gasteiger charge is -2.16. The Bertz CT molecular complexity index is 433. The number of thiophene rings is 1. The first-order chi connectivity index (χ1) is 8.56. The van der Waals surface area contributed by atoms with Gasteiger partial charge in [0.2, 0.25) is 0 Å². The van der Waals surface area contributed by atoms with Crippen molar-refractivity contribution in [3.05, 3.63) is 19.2 Å². The van der Waals surface area contributed by atoms with Gasteiger partial charge in [0.15, 0.2) is 0 Å². The molecule has 0 bridgehead atoms. The van der Waals surface area contributed by atoms with E-state index in [9.17, 15) is 4.79 Å². The molecule has 0 spiro atoms. The van der Waals surface area contributed by atoms with Gasteiger partial charge in [-0.3, -0.25) is 4.79 Å². The number of hydrogen-bond acceptors (Lipinski definition) is 2. The van der Waals surface area contributed by atoms with Crippen molar-refractivity contribution < 1.29 is 4.79 Å². The third kappa shape index (κ3) is 3.81. The number of carbonyl (C=O) groups is 1. The highest BCUT2D eigenvalue weighted by atomic mass is 79.9. The van der Waals surface area contributed by atoms with E-state index in [1.54, 1.807) is 0 Å². The summed E-state index contributed by atoms with van der Waals surface area (Å²) in [6, 6.07) is 2.22. The fourth-order valence-corrected chi connectivity index (χ4v) is 5.18. The number of halogens is 2. The summed E-state index contributed by atoms with van der Waals surface area (Å²) in [6.07, 6.45) is 5.95. The van der Waals surface area contributed by atoms with Gasteiger partial charge in [-0.05, 0) is 63.1 Å². The lowest BCUT2D eigenvalue weighted by Crippen LogP contribution is -2.34. The average Bonchev–Trinajstić information content (AvgIpc) is 2.51. The van der Waals surface area contributed by atoms with Gasteiger partial charge in [0, 0.05) is 6.04 Å². The third-order valence-electron chi connectivity index (χ3n) is 3.49. The van der Waals surface area contributed by atoms with Gasteiger partial charge >= 0.3 is 0 Å². The zero-order valence-electron chi connectivity index (χ0n) is 10.3. The summed E-state index contributed by atoms with van der Waals surface area (Å²) < 4.78 is 1.88. The largest absolute Gasteiger partial charge is 0.349 e. The molecule has 0 saturated heterocycles. The van der Waals surface area contributed by atoms with Crippen LogP contribution >= 0.6 is 43.2 Å². The minimum Gasteiger partial charge on any atom is -0.349 e. The normalized spacial score (nSPS) is 24.6. The van der Waals surface area contributed by atoms with E-state index >= 15 is 0 Å². The standard InChI is InChI=1S/C13H17Br2NOS/c1-8-3-2-4-9(6-5-8)16-13(17)10-7-11(14)18-12(10)15/h7-9H,2-6H2,1H3,(H,16,17). The molecule has 2 unspecified atom stereocenters. The minimum atomic E-state index is 0.0448. The van der Waals surface area contributed by atoms with Gasteiger partial charge in [0.05, 0.1) is 13.1 Å². The molecule has 2 rings (SSSR count). The highest BCUT2D eigenvalue weighted by molar-refractivity contribution is 9.12. The first-order valence-corrected chi connectivity index (χ1v) is 8.72. The minimum absolute atomic E-state index is 0.0448. The molecule has 2 atom stereocenters. The summed E-state index contributed by atoms with van der Waals surface area (Å²) in [4.78, 5) is 12.2. The quantitative estimate of drug-likeness (QED) is 0.704. The lowest BCUT2D eigenvalue weighted by atomic mass is 10.0. The van der Waals surface area contributed by atoms with Crippen molar-refractivity contribution in [3.8, 4) is 0 Å². The maximum Gasteiger partial charge on any atom is 0.253 e. The van der Waals surface area contributed by atoms with Crippen LogP contribution in [0, 0.1) is 5.92 Å². The van der Waals surface area contributed by atoms with Crippen LogP contribution in [0.25, 0.3) is 0 Å². The molecule has 1 N–H and O–H groups in total. The lowest BCUT2D eigenvalue weighted by molar-refractivity contribution is 0.0933. The van der Waals surface area contributed by atoms with Crippen molar-refractivity contribution in [2.45, 2.75) is 45.1 Å². The van der Waals surface area contributed by atoms with E-state index in [2.05, 4.69) is 44.1 Å². The van der Waals surface area contributed by atoms with Crippen LogP contribution < -0.4 is 5.32 Å². The van der Waals surface area contributed by atoms with Gasteiger partial charge in [-0.15, -0.1) is 11.3 Å². The van der Waals surface area contributed by atoms with Crippen molar-refractivity contribution >= 4 is 49.1 Å². The van der Waals surface area contributed by atoms with Gasteiger partial charge in [-0.25, -0.2) is 0 Å². The molecule has 1 aliphatic carbocycles. The summed E-state index contributed by atoms with van der Waals surface area (Å²) in [5.41, 5.74) is 0.740. The van der Waals surface area contributed by atoms with Gasteiger partial charge in [0.1, 0.15) is 0 Å². The van der Waals surface area contributed by atoms with Gasteiger partial charge in [0.25, 0.3) is 5.91 Å². The molecule has 1 amide bonds. The fourth-order valence-electron chi connectivity index (χ4n) is 2.39. The van der Waals surface area contributed by atoms with Crippen molar-refractivity contribution in [2.24, 2.45) is 5.92 Å². The fraction of sp³-hybridized carbons (Fsp3) is 0.615. The van der Waals surface area contributed by atoms with E-state index in [1.807, 2.05) is 6.07 Å². The van der Waals surface area contributed by atoms with E-state index in [-0.39, 0.29) is 5.91 Å². The molecule has 2 nitrogen and oxygen atoms in total. The number of nitrogens with one attached hydrogen (secondary N) is 1. The molecule has 1 aromatic rings. The molecular formula is C13H17Br2NOS. The summed E-state index contributed by atoms with van der Waals surface area (Å²) in [5, 5.41) is 3.17. The number of rotatable bonds is 2. The summed E-state index contributed by atoms with van der Waals surface area (Å²) in [7, 11) is 0. The van der Waals surface area contributed by atoms with Gasteiger partial charge in [-0.1, -0.05) is 19.8 Å². The second kappa shape index (κ2) is 6.53. The molecule has 5 heteroatoms. The van der Waals surface area contributed by atoms with E-state index in [4.69, 9.17) is 0 Å². The topological polar surface area (TPSA) is 29.1 Å². The van der Waals surface area contributed by atoms with Crippen LogP contribution in [0.1, 0.15) is 49.4 Å². The van der Waals surface area contributed by atoms with E-state index < -0.39 is 0 Å². The first-order valence-electron chi connectivity index (χ1n) is 6.32. The Morgan fingerprint density at radius 2 is 2.11 bits per heavy atom. The number of carbonyl (C=O) groups excluding carboxylic acids is 1. The van der Waals surface area contributed by atoms with Crippen LogP contribution in [0.4, 0.5) is 0 Å². The Kier molecular flexibility index (Phi) is 5.27. The van der Waals surface area contributed by atoms with Crippen molar-refractivity contribution in [1.82, 2.24) is 5.32 Å². The SMILES string of the molecule is CC1CCCC(NC(=O)c2cc(Br)sc2Br)CC1. The van der Waals surface area contributed by atoms with Gasteiger partial charge < -0.3 is 5.32 Å². The van der Waals surface area contributed by atoms with Crippen LogP contribution in [0.2, 0.25) is 0 Å². The van der Waals surface area contributed by atoms with Crippen LogP contribution in [-0.4, -0.2) is 11.9 Å². The van der Waals surface area contributed by atoms with Crippen molar-refractivity contribution in [1.29, 1.82) is 0 Å². The highest BCUT2D eigenvalue weighted by Gasteiger charge is 2.20. The van der Waals surface area contributed by atoms with E-state index in [0.717, 1.165) is 31.9 Å². The second-order valence-corrected chi connectivity index (χ2v) is 8.77. The molecule has 1 aromatic heterocycles. The van der Waals surface area contributed by atoms with Crippen molar-refractivity contribution in [3.63, 3.8) is 0 Å². The van der Waals surface area contributed by atoms with Crippen LogP contribution in [0.5, 0.6) is 0 Å². The maximum absolute atomic E-state index is 12.2. The van der Waals surface area contributed by atoms with Crippen LogP contribution in [-0.2, 0) is 0 Å². The molecular weight excluding hydrogens is 378 g/mol. The first kappa shape index (κ1) is 14.5. The third-order valence-corrected chi connectivity index (χ3v) is 5.83. The van der Waals surface area contributed by atoms with E-state index in [0.29, 0.717) is 6.04 Å². The summed E-state index contributed by atoms with van der Waals surface area (Å²) in [5.74, 6) is 0.845. The molecule has 1 aliphatic rings. The Labute approximate surface area is 129 Å². The molecule has 100 valence electrons. The second-order valence-electron chi connectivity index (χ2n) is 5.02. The Morgan fingerprint density at radius 3 is 2.78 bits per heavy atom. The molecule has 18 heavy (non-hydrogen) atoms. The molecule has 1 fully saturated rings. The molecule has 1 saturated carbocycles. The predicted octanol–water partition coefficient (Wildman–Crippen LogP) is 4.97. The average molecular weight is 395 g/mol. The molecule has 0 aromatic carbocycles. The Morgan fingerprint density at radius 1 is 1.33 bits per heavy atom. The van der Waals surface area contributed by atoms with Crippen LogP contribution in [0.15, 0.2) is 13.6 Å². The highest BCUT2D eigenvalue weighted by Crippen LogP contribution is 2.32. The molecule has 0 aliphatic heterocycles. The summed E-state index contributed by atoms with van der Waals surface area (Å²) >= 11 is 8.38. The number of amides is 1. The zero-order valence-corrected chi connectivity index (χ0v) is 14.3. The molecule has 1 heterocycles. The monoisotopic (exact) mass is 393 g/mol. The van der Waals surface area contributed by atoms with Crippen molar-refractivity contribution in [2.75, 3.05) is 0 Å². The van der Waals surface area contributed by atoms with Crippen LogP contribution in [0.3, 0.4) is 0 Å². The Hall–Kier alpha value is 0.130. The molecule has 0 radical (unpaired) electrons. The van der Waals surface area contributed by atoms with E-state index in [1.165, 1.54) is 30.6 Å².